The minimum Gasteiger partial charge on any atom is -0.377 e. The van der Waals surface area contributed by atoms with Crippen LogP contribution in [0.5, 0.6) is 0 Å². The molecule has 2 fully saturated rings. The van der Waals surface area contributed by atoms with Crippen molar-refractivity contribution in [3.8, 4) is 0 Å². The molecule has 0 aromatic rings. The first-order chi connectivity index (χ1) is 6.07. The van der Waals surface area contributed by atoms with Gasteiger partial charge >= 0.3 is 0 Å². The normalized spacial score (nSPS) is 36.2. The zero-order valence-corrected chi connectivity index (χ0v) is 9.05. The zero-order valence-electron chi connectivity index (χ0n) is 9.05. The van der Waals surface area contributed by atoms with E-state index in [4.69, 9.17) is 4.74 Å². The van der Waals surface area contributed by atoms with Crippen molar-refractivity contribution >= 4 is 0 Å². The molecule has 0 amide bonds. The van der Waals surface area contributed by atoms with Crippen molar-refractivity contribution in [2.45, 2.75) is 45.3 Å². The van der Waals surface area contributed by atoms with E-state index in [1.807, 2.05) is 0 Å². The van der Waals surface area contributed by atoms with Crippen LogP contribution in [-0.2, 0) is 4.74 Å². The largest absolute Gasteiger partial charge is 0.377 e. The van der Waals surface area contributed by atoms with Crippen LogP contribution in [0.4, 0.5) is 0 Å². The maximum absolute atomic E-state index is 5.79. The van der Waals surface area contributed by atoms with Gasteiger partial charge in [-0.2, -0.15) is 0 Å². The predicted octanol–water partition coefficient (Wildman–Crippen LogP) is 1.90. The smallest absolute Gasteiger partial charge is 0.0742 e. The Morgan fingerprint density at radius 2 is 2.00 bits per heavy atom. The van der Waals surface area contributed by atoms with Crippen molar-refractivity contribution in [1.29, 1.82) is 0 Å². The van der Waals surface area contributed by atoms with Gasteiger partial charge in [0.15, 0.2) is 0 Å². The molecule has 2 nitrogen and oxygen atoms in total. The lowest BCUT2D eigenvalue weighted by Gasteiger charge is -2.31. The Morgan fingerprint density at radius 3 is 2.62 bits per heavy atom. The topological polar surface area (TPSA) is 12.5 Å². The standard InChI is InChI=1S/C11H21NO/c1-11(2,3)12-7-9-5-4-6-13-10(9)8-12/h9-10H,4-8H2,1-3H3/t9-,10-/m0/s1. The average molecular weight is 183 g/mol. The van der Waals surface area contributed by atoms with E-state index < -0.39 is 0 Å². The van der Waals surface area contributed by atoms with Crippen LogP contribution in [0.25, 0.3) is 0 Å². The molecule has 0 aromatic heterocycles. The summed E-state index contributed by atoms with van der Waals surface area (Å²) in [5, 5.41) is 0. The predicted molar refractivity (Wildman–Crippen MR) is 53.8 cm³/mol. The van der Waals surface area contributed by atoms with Crippen molar-refractivity contribution in [1.82, 2.24) is 4.90 Å². The lowest BCUT2D eigenvalue weighted by molar-refractivity contribution is -0.00291. The van der Waals surface area contributed by atoms with E-state index in [1.165, 1.54) is 19.4 Å². The van der Waals surface area contributed by atoms with E-state index in [1.54, 1.807) is 0 Å². The van der Waals surface area contributed by atoms with Gasteiger partial charge in [0.25, 0.3) is 0 Å². The summed E-state index contributed by atoms with van der Waals surface area (Å²) < 4.78 is 5.79. The molecule has 0 unspecified atom stereocenters. The van der Waals surface area contributed by atoms with E-state index in [2.05, 4.69) is 25.7 Å². The maximum Gasteiger partial charge on any atom is 0.0742 e. The summed E-state index contributed by atoms with van der Waals surface area (Å²) in [6.07, 6.45) is 3.17. The van der Waals surface area contributed by atoms with Crippen molar-refractivity contribution in [2.24, 2.45) is 5.92 Å². The quantitative estimate of drug-likeness (QED) is 0.568. The molecule has 0 aliphatic carbocycles. The molecule has 2 heteroatoms. The minimum absolute atomic E-state index is 0.320. The highest BCUT2D eigenvalue weighted by Gasteiger charge is 2.39. The molecule has 2 heterocycles. The lowest BCUT2D eigenvalue weighted by atomic mass is 9.98. The Bertz CT molecular complexity index is 171. The zero-order chi connectivity index (χ0) is 9.47. The fraction of sp³-hybridized carbons (Fsp3) is 1.00. The van der Waals surface area contributed by atoms with Crippen molar-refractivity contribution in [3.63, 3.8) is 0 Å². The van der Waals surface area contributed by atoms with Gasteiger partial charge in [0, 0.05) is 25.2 Å². The molecule has 0 spiro atoms. The second-order valence-electron chi connectivity index (χ2n) is 5.39. The fourth-order valence-corrected chi connectivity index (χ4v) is 2.44. The number of fused-ring (bicyclic) bond motifs is 1. The lowest BCUT2D eigenvalue weighted by Crippen LogP contribution is -2.40. The molecule has 2 rings (SSSR count). The van der Waals surface area contributed by atoms with Crippen LogP contribution in [0.2, 0.25) is 0 Å². The first kappa shape index (κ1) is 9.47. The molecular formula is C11H21NO. The summed E-state index contributed by atoms with van der Waals surface area (Å²) in [7, 11) is 0. The Kier molecular flexibility index (Phi) is 2.37. The van der Waals surface area contributed by atoms with Gasteiger partial charge in [-0.05, 0) is 39.5 Å². The third kappa shape index (κ3) is 1.89. The summed E-state index contributed by atoms with van der Waals surface area (Å²) in [6, 6.07) is 0. The Balaban J connectivity index is 1.99. The van der Waals surface area contributed by atoms with E-state index in [0.717, 1.165) is 19.1 Å². The first-order valence-corrected chi connectivity index (χ1v) is 5.44. The molecule has 2 aliphatic rings. The number of nitrogens with zero attached hydrogens (tertiary/aromatic N) is 1. The van der Waals surface area contributed by atoms with Crippen molar-refractivity contribution < 1.29 is 4.74 Å². The molecule has 76 valence electrons. The molecule has 13 heavy (non-hydrogen) atoms. The van der Waals surface area contributed by atoms with Crippen LogP contribution in [0.3, 0.4) is 0 Å². The van der Waals surface area contributed by atoms with E-state index >= 15 is 0 Å². The first-order valence-electron chi connectivity index (χ1n) is 5.44. The van der Waals surface area contributed by atoms with Gasteiger partial charge in [-0.15, -0.1) is 0 Å². The average Bonchev–Trinajstić information content (AvgIpc) is 2.45. The van der Waals surface area contributed by atoms with E-state index in [0.29, 0.717) is 11.6 Å². The highest BCUT2D eigenvalue weighted by atomic mass is 16.5. The van der Waals surface area contributed by atoms with Crippen molar-refractivity contribution in [3.05, 3.63) is 0 Å². The highest BCUT2D eigenvalue weighted by Crippen LogP contribution is 2.32. The number of hydrogen-bond acceptors (Lipinski definition) is 2. The monoisotopic (exact) mass is 183 g/mol. The second kappa shape index (κ2) is 3.25. The number of ether oxygens (including phenoxy) is 1. The van der Waals surface area contributed by atoms with Gasteiger partial charge in [-0.25, -0.2) is 0 Å². The van der Waals surface area contributed by atoms with Gasteiger partial charge < -0.3 is 4.74 Å². The number of likely N-dealkylation sites (tertiary alicyclic amines) is 1. The maximum atomic E-state index is 5.79. The molecule has 2 saturated heterocycles. The third-order valence-electron chi connectivity index (χ3n) is 3.38. The Hall–Kier alpha value is -0.0800. The summed E-state index contributed by atoms with van der Waals surface area (Å²) in [6.45, 7) is 10.3. The molecule has 0 bridgehead atoms. The van der Waals surface area contributed by atoms with Gasteiger partial charge in [0.2, 0.25) is 0 Å². The summed E-state index contributed by atoms with van der Waals surface area (Å²) in [4.78, 5) is 2.56. The van der Waals surface area contributed by atoms with Crippen molar-refractivity contribution in [2.75, 3.05) is 19.7 Å². The summed E-state index contributed by atoms with van der Waals surface area (Å²) in [5.41, 5.74) is 0.320. The molecule has 0 aromatic carbocycles. The molecule has 2 aliphatic heterocycles. The third-order valence-corrected chi connectivity index (χ3v) is 3.38. The van der Waals surface area contributed by atoms with Gasteiger partial charge in [0.05, 0.1) is 6.10 Å². The number of hydrogen-bond donors (Lipinski definition) is 0. The minimum atomic E-state index is 0.320. The van der Waals surface area contributed by atoms with Gasteiger partial charge in [-0.3, -0.25) is 4.90 Å². The van der Waals surface area contributed by atoms with Crippen LogP contribution in [0, 0.1) is 5.92 Å². The molecule has 0 radical (unpaired) electrons. The molecule has 0 N–H and O–H groups in total. The SMILES string of the molecule is CC(C)(C)N1C[C@@H]2CCCO[C@H]2C1. The van der Waals surface area contributed by atoms with Crippen LogP contribution >= 0.6 is 0 Å². The molecule has 2 atom stereocenters. The fourth-order valence-electron chi connectivity index (χ4n) is 2.44. The van der Waals surface area contributed by atoms with E-state index in [9.17, 15) is 0 Å². The Labute approximate surface area is 81.3 Å². The molecular weight excluding hydrogens is 162 g/mol. The van der Waals surface area contributed by atoms with Gasteiger partial charge in [-0.1, -0.05) is 0 Å². The highest BCUT2D eigenvalue weighted by molar-refractivity contribution is 4.92. The molecule has 0 saturated carbocycles. The summed E-state index contributed by atoms with van der Waals surface area (Å²) >= 11 is 0. The van der Waals surface area contributed by atoms with Crippen LogP contribution in [0.15, 0.2) is 0 Å². The van der Waals surface area contributed by atoms with E-state index in [-0.39, 0.29) is 0 Å². The summed E-state index contributed by atoms with van der Waals surface area (Å²) in [5.74, 6) is 0.813. The number of rotatable bonds is 0. The van der Waals surface area contributed by atoms with Crippen LogP contribution < -0.4 is 0 Å². The van der Waals surface area contributed by atoms with Gasteiger partial charge in [0.1, 0.15) is 0 Å². The Morgan fingerprint density at radius 1 is 1.23 bits per heavy atom. The second-order valence-corrected chi connectivity index (χ2v) is 5.39. The van der Waals surface area contributed by atoms with Crippen LogP contribution in [-0.4, -0.2) is 36.2 Å². The van der Waals surface area contributed by atoms with Crippen LogP contribution in [0.1, 0.15) is 33.6 Å².